The van der Waals surface area contributed by atoms with Crippen molar-refractivity contribution in [2.75, 3.05) is 0 Å². The van der Waals surface area contributed by atoms with Crippen LogP contribution in [0.5, 0.6) is 0 Å². The SMILES string of the molecule is CCC(CC1CC1)NS(=O)(=O)C(C)C. The van der Waals surface area contributed by atoms with E-state index < -0.39 is 10.0 Å². The van der Waals surface area contributed by atoms with Crippen LogP contribution >= 0.6 is 0 Å². The summed E-state index contributed by atoms with van der Waals surface area (Å²) in [5.41, 5.74) is 0. The van der Waals surface area contributed by atoms with Crippen LogP contribution in [0.15, 0.2) is 0 Å². The third-order valence-electron chi connectivity index (χ3n) is 2.76. The van der Waals surface area contributed by atoms with Crippen LogP contribution in [0.25, 0.3) is 0 Å². The van der Waals surface area contributed by atoms with Crippen molar-refractivity contribution in [3.63, 3.8) is 0 Å². The maximum atomic E-state index is 11.6. The molecule has 0 aromatic heterocycles. The first-order valence-corrected chi connectivity index (χ1v) is 7.01. The third kappa shape index (κ3) is 3.58. The topological polar surface area (TPSA) is 46.2 Å². The van der Waals surface area contributed by atoms with Gasteiger partial charge >= 0.3 is 0 Å². The fourth-order valence-corrected chi connectivity index (χ4v) is 2.42. The number of hydrogen-bond acceptors (Lipinski definition) is 2. The van der Waals surface area contributed by atoms with Crippen molar-refractivity contribution in [2.24, 2.45) is 5.92 Å². The molecule has 1 aliphatic carbocycles. The summed E-state index contributed by atoms with van der Waals surface area (Å²) in [6.45, 7) is 5.47. The molecule has 0 amide bonds. The molecule has 3 nitrogen and oxygen atoms in total. The molecule has 0 spiro atoms. The number of nitrogens with one attached hydrogen (secondary N) is 1. The molecule has 0 aromatic carbocycles. The molecule has 1 saturated carbocycles. The van der Waals surface area contributed by atoms with Gasteiger partial charge in [0.05, 0.1) is 5.25 Å². The molecular formula is C10H21NO2S. The zero-order chi connectivity index (χ0) is 10.8. The summed E-state index contributed by atoms with van der Waals surface area (Å²) in [7, 11) is -3.08. The lowest BCUT2D eigenvalue weighted by Crippen LogP contribution is -2.39. The average molecular weight is 219 g/mol. The first-order valence-electron chi connectivity index (χ1n) is 5.46. The Morgan fingerprint density at radius 2 is 1.93 bits per heavy atom. The summed E-state index contributed by atoms with van der Waals surface area (Å²) in [4.78, 5) is 0. The maximum Gasteiger partial charge on any atom is 0.214 e. The summed E-state index contributed by atoms with van der Waals surface area (Å²) in [5.74, 6) is 0.773. The molecule has 1 unspecified atom stereocenters. The second kappa shape index (κ2) is 4.62. The highest BCUT2D eigenvalue weighted by Crippen LogP contribution is 2.34. The van der Waals surface area contributed by atoms with Crippen molar-refractivity contribution in [1.29, 1.82) is 0 Å². The van der Waals surface area contributed by atoms with Crippen molar-refractivity contribution >= 4 is 10.0 Å². The van der Waals surface area contributed by atoms with E-state index in [1.807, 2.05) is 6.92 Å². The van der Waals surface area contributed by atoms with Crippen LogP contribution < -0.4 is 4.72 Å². The Bertz CT molecular complexity index is 268. The van der Waals surface area contributed by atoms with Gasteiger partial charge in [-0.15, -0.1) is 0 Å². The highest BCUT2D eigenvalue weighted by molar-refractivity contribution is 7.90. The van der Waals surface area contributed by atoms with Gasteiger partial charge in [0.15, 0.2) is 0 Å². The molecule has 0 aliphatic heterocycles. The van der Waals surface area contributed by atoms with E-state index in [4.69, 9.17) is 0 Å². The molecule has 4 heteroatoms. The van der Waals surface area contributed by atoms with Crippen LogP contribution in [0.3, 0.4) is 0 Å². The predicted octanol–water partition coefficient (Wildman–Crippen LogP) is 1.89. The van der Waals surface area contributed by atoms with E-state index in [2.05, 4.69) is 4.72 Å². The minimum Gasteiger partial charge on any atom is -0.212 e. The lowest BCUT2D eigenvalue weighted by atomic mass is 10.1. The van der Waals surface area contributed by atoms with E-state index in [9.17, 15) is 8.42 Å². The second-order valence-electron chi connectivity index (χ2n) is 4.50. The van der Waals surface area contributed by atoms with Crippen LogP contribution in [0.1, 0.15) is 46.5 Å². The number of hydrogen-bond donors (Lipinski definition) is 1. The zero-order valence-electron chi connectivity index (χ0n) is 9.29. The normalized spacial score (nSPS) is 20.0. The molecular weight excluding hydrogens is 198 g/mol. The van der Waals surface area contributed by atoms with Gasteiger partial charge in [0.1, 0.15) is 0 Å². The van der Waals surface area contributed by atoms with Crippen molar-refractivity contribution in [3.8, 4) is 0 Å². The van der Waals surface area contributed by atoms with Crippen LogP contribution in [0.2, 0.25) is 0 Å². The lowest BCUT2D eigenvalue weighted by molar-refractivity contribution is 0.491. The molecule has 1 rings (SSSR count). The van der Waals surface area contributed by atoms with Crippen molar-refractivity contribution < 1.29 is 8.42 Å². The summed E-state index contributed by atoms with van der Waals surface area (Å²) >= 11 is 0. The molecule has 1 fully saturated rings. The quantitative estimate of drug-likeness (QED) is 0.741. The standard InChI is InChI=1S/C10H21NO2S/c1-4-10(7-9-5-6-9)11-14(12,13)8(2)3/h8-11H,4-7H2,1-3H3. The molecule has 0 saturated heterocycles. The minimum atomic E-state index is -3.08. The largest absolute Gasteiger partial charge is 0.214 e. The number of rotatable bonds is 6. The van der Waals surface area contributed by atoms with Crippen molar-refractivity contribution in [3.05, 3.63) is 0 Å². The molecule has 14 heavy (non-hydrogen) atoms. The van der Waals surface area contributed by atoms with E-state index >= 15 is 0 Å². The molecule has 0 aromatic rings. The Hall–Kier alpha value is -0.0900. The predicted molar refractivity (Wildman–Crippen MR) is 58.6 cm³/mol. The van der Waals surface area contributed by atoms with E-state index in [0.717, 1.165) is 18.8 Å². The fraction of sp³-hybridized carbons (Fsp3) is 1.00. The van der Waals surface area contributed by atoms with E-state index in [1.165, 1.54) is 12.8 Å². The Balaban J connectivity index is 2.45. The van der Waals surface area contributed by atoms with Crippen molar-refractivity contribution in [2.45, 2.75) is 57.7 Å². The summed E-state index contributed by atoms with van der Waals surface area (Å²) < 4.78 is 26.0. The van der Waals surface area contributed by atoms with E-state index in [0.29, 0.717) is 0 Å². The van der Waals surface area contributed by atoms with Crippen LogP contribution in [0, 0.1) is 5.92 Å². The molecule has 1 aliphatic rings. The van der Waals surface area contributed by atoms with E-state index in [1.54, 1.807) is 13.8 Å². The summed E-state index contributed by atoms with van der Waals surface area (Å²) in [6, 6.07) is 0.148. The molecule has 0 bridgehead atoms. The summed E-state index contributed by atoms with van der Waals surface area (Å²) in [6.07, 6.45) is 4.46. The van der Waals surface area contributed by atoms with Gasteiger partial charge in [-0.2, -0.15) is 0 Å². The first kappa shape index (κ1) is 12.0. The van der Waals surface area contributed by atoms with Gasteiger partial charge in [0.2, 0.25) is 10.0 Å². The van der Waals surface area contributed by atoms with Crippen LogP contribution in [-0.2, 0) is 10.0 Å². The molecule has 0 radical (unpaired) electrons. The molecule has 1 N–H and O–H groups in total. The Labute approximate surface area is 87.3 Å². The molecule has 0 heterocycles. The Morgan fingerprint density at radius 3 is 2.29 bits per heavy atom. The van der Waals surface area contributed by atoms with E-state index in [-0.39, 0.29) is 11.3 Å². The fourth-order valence-electron chi connectivity index (χ4n) is 1.42. The summed E-state index contributed by atoms with van der Waals surface area (Å²) in [5, 5.41) is -0.323. The zero-order valence-corrected chi connectivity index (χ0v) is 10.1. The smallest absolute Gasteiger partial charge is 0.212 e. The highest BCUT2D eigenvalue weighted by Gasteiger charge is 2.27. The average Bonchev–Trinajstić information content (AvgIpc) is 2.86. The van der Waals surface area contributed by atoms with Gasteiger partial charge in [-0.1, -0.05) is 19.8 Å². The van der Waals surface area contributed by atoms with Gasteiger partial charge in [-0.25, -0.2) is 13.1 Å². The Morgan fingerprint density at radius 1 is 1.36 bits per heavy atom. The second-order valence-corrected chi connectivity index (χ2v) is 6.76. The van der Waals surface area contributed by atoms with Crippen LogP contribution in [0.4, 0.5) is 0 Å². The van der Waals surface area contributed by atoms with Gasteiger partial charge in [-0.3, -0.25) is 0 Å². The lowest BCUT2D eigenvalue weighted by Gasteiger charge is -2.18. The number of sulfonamides is 1. The highest BCUT2D eigenvalue weighted by atomic mass is 32.2. The van der Waals surface area contributed by atoms with Gasteiger partial charge in [-0.05, 0) is 32.6 Å². The first-order chi connectivity index (χ1) is 6.45. The van der Waals surface area contributed by atoms with Gasteiger partial charge < -0.3 is 0 Å². The monoisotopic (exact) mass is 219 g/mol. The molecule has 84 valence electrons. The molecule has 1 atom stereocenters. The van der Waals surface area contributed by atoms with Gasteiger partial charge in [0.25, 0.3) is 0 Å². The maximum absolute atomic E-state index is 11.6. The van der Waals surface area contributed by atoms with Crippen LogP contribution in [-0.4, -0.2) is 19.7 Å². The van der Waals surface area contributed by atoms with Gasteiger partial charge in [0, 0.05) is 6.04 Å². The third-order valence-corrected chi connectivity index (χ3v) is 4.66. The van der Waals surface area contributed by atoms with Crippen molar-refractivity contribution in [1.82, 2.24) is 4.72 Å². The Kier molecular flexibility index (Phi) is 3.95. The minimum absolute atomic E-state index is 0.148.